The molecule has 0 unspecified atom stereocenters. The van der Waals surface area contributed by atoms with Crippen LogP contribution in [0.3, 0.4) is 0 Å². The highest BCUT2D eigenvalue weighted by Gasteiger charge is 2.06. The second-order valence-corrected chi connectivity index (χ2v) is 5.25. The van der Waals surface area contributed by atoms with Crippen molar-refractivity contribution in [3.05, 3.63) is 59.5 Å². The van der Waals surface area contributed by atoms with Gasteiger partial charge in [0.15, 0.2) is 5.16 Å². The van der Waals surface area contributed by atoms with Crippen molar-refractivity contribution in [3.8, 4) is 0 Å². The van der Waals surface area contributed by atoms with E-state index in [0.29, 0.717) is 10.9 Å². The lowest BCUT2D eigenvalue weighted by molar-refractivity contribution is 0.966. The van der Waals surface area contributed by atoms with Gasteiger partial charge in [0.2, 0.25) is 0 Å². The summed E-state index contributed by atoms with van der Waals surface area (Å²) < 4.78 is 0. The van der Waals surface area contributed by atoms with Crippen LogP contribution >= 0.6 is 23.4 Å². The van der Waals surface area contributed by atoms with E-state index in [2.05, 4.69) is 21.0 Å². The minimum atomic E-state index is 0.544. The Morgan fingerprint density at radius 3 is 2.68 bits per heavy atom. The Bertz CT molecular complexity index is 703. The smallest absolute Gasteiger partial charge is 0.187 e. The van der Waals surface area contributed by atoms with Gasteiger partial charge in [-0.1, -0.05) is 41.6 Å². The summed E-state index contributed by atoms with van der Waals surface area (Å²) in [6.07, 6.45) is 3.46. The third-order valence-corrected chi connectivity index (χ3v) is 3.90. The highest BCUT2D eigenvalue weighted by atomic mass is 35.5. The van der Waals surface area contributed by atoms with Crippen LogP contribution in [0.25, 0.3) is 10.9 Å². The highest BCUT2D eigenvalue weighted by molar-refractivity contribution is 7.98. The first kappa shape index (κ1) is 12.4. The number of hydrogen-bond acceptors (Lipinski definition) is 4. The molecule has 5 heteroatoms. The number of hydrogen-bond donors (Lipinski definition) is 0. The second-order valence-electron chi connectivity index (χ2n) is 3.95. The Balaban J connectivity index is 1.86. The number of pyridine rings is 1. The van der Waals surface area contributed by atoms with E-state index in [0.717, 1.165) is 21.6 Å². The SMILES string of the molecule is Clc1nc2ccccc2cc1CSc1ncccn1. The Kier molecular flexibility index (Phi) is 3.62. The number of aromatic nitrogens is 3. The predicted octanol–water partition coefficient (Wildman–Crippen LogP) is 3.97. The lowest BCUT2D eigenvalue weighted by Gasteiger charge is -2.05. The first-order valence-corrected chi connectivity index (χ1v) is 7.13. The number of halogens is 1. The fourth-order valence-corrected chi connectivity index (χ4v) is 2.81. The fourth-order valence-electron chi connectivity index (χ4n) is 1.74. The largest absolute Gasteiger partial charge is 0.236 e. The summed E-state index contributed by atoms with van der Waals surface area (Å²) in [5.41, 5.74) is 1.91. The number of thioether (sulfide) groups is 1. The zero-order chi connectivity index (χ0) is 13.1. The van der Waals surface area contributed by atoms with Crippen LogP contribution in [0.2, 0.25) is 5.15 Å². The molecule has 2 heterocycles. The Hall–Kier alpha value is -1.65. The minimum absolute atomic E-state index is 0.544. The lowest BCUT2D eigenvalue weighted by atomic mass is 10.2. The Labute approximate surface area is 120 Å². The molecule has 0 radical (unpaired) electrons. The fraction of sp³-hybridized carbons (Fsp3) is 0.0714. The van der Waals surface area contributed by atoms with Gasteiger partial charge >= 0.3 is 0 Å². The number of nitrogens with zero attached hydrogens (tertiary/aromatic N) is 3. The zero-order valence-electron chi connectivity index (χ0n) is 9.95. The molecule has 0 aliphatic heterocycles. The van der Waals surface area contributed by atoms with E-state index in [1.807, 2.05) is 24.3 Å². The monoisotopic (exact) mass is 287 g/mol. The molecule has 0 saturated heterocycles. The Morgan fingerprint density at radius 2 is 1.84 bits per heavy atom. The van der Waals surface area contributed by atoms with Gasteiger partial charge in [-0.15, -0.1) is 0 Å². The third-order valence-electron chi connectivity index (χ3n) is 2.65. The second kappa shape index (κ2) is 5.55. The van der Waals surface area contributed by atoms with Gasteiger partial charge in [0.25, 0.3) is 0 Å². The molecule has 1 aromatic carbocycles. The van der Waals surface area contributed by atoms with E-state index >= 15 is 0 Å². The molecule has 0 N–H and O–H groups in total. The molecule has 2 aromatic heterocycles. The van der Waals surface area contributed by atoms with Gasteiger partial charge in [0.1, 0.15) is 5.15 Å². The normalized spacial score (nSPS) is 10.8. The zero-order valence-corrected chi connectivity index (χ0v) is 11.5. The van der Waals surface area contributed by atoms with Crippen LogP contribution in [-0.4, -0.2) is 15.0 Å². The molecular weight excluding hydrogens is 278 g/mol. The standard InChI is InChI=1S/C14H10ClN3S/c15-13-11(9-19-14-16-6-3-7-17-14)8-10-4-1-2-5-12(10)18-13/h1-8H,9H2. The van der Waals surface area contributed by atoms with Gasteiger partial charge in [-0.25, -0.2) is 15.0 Å². The van der Waals surface area contributed by atoms with Crippen LogP contribution in [-0.2, 0) is 5.75 Å². The molecule has 0 aliphatic rings. The van der Waals surface area contributed by atoms with E-state index < -0.39 is 0 Å². The molecule has 0 spiro atoms. The predicted molar refractivity (Wildman–Crippen MR) is 78.3 cm³/mol. The topological polar surface area (TPSA) is 38.7 Å². The van der Waals surface area contributed by atoms with E-state index in [-0.39, 0.29) is 0 Å². The molecule has 19 heavy (non-hydrogen) atoms. The van der Waals surface area contributed by atoms with Crippen molar-refractivity contribution in [1.82, 2.24) is 15.0 Å². The number of para-hydroxylation sites is 1. The van der Waals surface area contributed by atoms with Crippen molar-refractivity contribution in [3.63, 3.8) is 0 Å². The van der Waals surface area contributed by atoms with Crippen molar-refractivity contribution >= 4 is 34.3 Å². The molecule has 0 atom stereocenters. The average molecular weight is 288 g/mol. The maximum Gasteiger partial charge on any atom is 0.187 e. The van der Waals surface area contributed by atoms with Crippen molar-refractivity contribution in [1.29, 1.82) is 0 Å². The van der Waals surface area contributed by atoms with Gasteiger partial charge in [0, 0.05) is 29.1 Å². The summed E-state index contributed by atoms with van der Waals surface area (Å²) in [5.74, 6) is 0.709. The molecule has 0 fully saturated rings. The quantitative estimate of drug-likeness (QED) is 0.415. The van der Waals surface area contributed by atoms with Gasteiger partial charge in [0.05, 0.1) is 5.52 Å². The molecule has 0 saturated carbocycles. The van der Waals surface area contributed by atoms with Crippen LogP contribution in [0.15, 0.2) is 53.9 Å². The van der Waals surface area contributed by atoms with E-state index in [1.54, 1.807) is 30.2 Å². The van der Waals surface area contributed by atoms with E-state index in [1.165, 1.54) is 0 Å². The first-order valence-electron chi connectivity index (χ1n) is 5.77. The summed E-state index contributed by atoms with van der Waals surface area (Å²) in [7, 11) is 0. The molecule has 3 rings (SSSR count). The number of fused-ring (bicyclic) bond motifs is 1. The molecule has 0 amide bonds. The molecule has 3 aromatic rings. The molecule has 0 bridgehead atoms. The molecule has 3 nitrogen and oxygen atoms in total. The number of rotatable bonds is 3. The van der Waals surface area contributed by atoms with Crippen LogP contribution in [0, 0.1) is 0 Å². The first-order chi connectivity index (χ1) is 9.33. The van der Waals surface area contributed by atoms with E-state index in [4.69, 9.17) is 11.6 Å². The summed E-state index contributed by atoms with van der Waals surface area (Å²) in [6.45, 7) is 0. The summed E-state index contributed by atoms with van der Waals surface area (Å²) in [6, 6.07) is 11.8. The van der Waals surface area contributed by atoms with Crippen LogP contribution in [0.4, 0.5) is 0 Å². The number of benzene rings is 1. The minimum Gasteiger partial charge on any atom is -0.236 e. The average Bonchev–Trinajstić information content (AvgIpc) is 2.46. The summed E-state index contributed by atoms with van der Waals surface area (Å²) >= 11 is 7.75. The van der Waals surface area contributed by atoms with Gasteiger partial charge in [-0.2, -0.15) is 0 Å². The van der Waals surface area contributed by atoms with Crippen molar-refractivity contribution in [2.24, 2.45) is 0 Å². The molecular formula is C14H10ClN3S. The van der Waals surface area contributed by atoms with Crippen molar-refractivity contribution < 1.29 is 0 Å². The van der Waals surface area contributed by atoms with E-state index in [9.17, 15) is 0 Å². The van der Waals surface area contributed by atoms with Gasteiger partial charge in [-0.05, 0) is 18.2 Å². The highest BCUT2D eigenvalue weighted by Crippen LogP contribution is 2.26. The van der Waals surface area contributed by atoms with Crippen LogP contribution in [0.5, 0.6) is 0 Å². The van der Waals surface area contributed by atoms with Gasteiger partial charge < -0.3 is 0 Å². The van der Waals surface area contributed by atoms with Gasteiger partial charge in [-0.3, -0.25) is 0 Å². The molecule has 94 valence electrons. The summed E-state index contributed by atoms with van der Waals surface area (Å²) in [5, 5.41) is 2.38. The van der Waals surface area contributed by atoms with Crippen LogP contribution in [0.1, 0.15) is 5.56 Å². The third kappa shape index (κ3) is 2.85. The maximum absolute atomic E-state index is 6.20. The maximum atomic E-state index is 6.20. The van der Waals surface area contributed by atoms with Crippen LogP contribution < -0.4 is 0 Å². The lowest BCUT2D eigenvalue weighted by Crippen LogP contribution is -1.90. The Morgan fingerprint density at radius 1 is 1.05 bits per heavy atom. The van der Waals surface area contributed by atoms with Crippen molar-refractivity contribution in [2.75, 3.05) is 0 Å². The van der Waals surface area contributed by atoms with Crippen molar-refractivity contribution in [2.45, 2.75) is 10.9 Å². The molecule has 0 aliphatic carbocycles. The summed E-state index contributed by atoms with van der Waals surface area (Å²) in [4.78, 5) is 12.7.